The van der Waals surface area contributed by atoms with Crippen LogP contribution in [0.4, 0.5) is 0 Å². The van der Waals surface area contributed by atoms with Crippen LogP contribution < -0.4 is 0 Å². The number of pyridine rings is 1. The molecule has 0 aliphatic heterocycles. The van der Waals surface area contributed by atoms with Gasteiger partial charge in [-0.25, -0.2) is 9.97 Å². The third-order valence-electron chi connectivity index (χ3n) is 14.1. The molecular weight excluding hydrogens is 1110 g/mol. The standard InChI is InChI=1S/C73H48N3.Ir/c1-6-20-50(21-7-1)55-32-18-33-56(36-55)65-39-63(53-26-12-4-13-27-53)43-68(45-65)71-48-72(76-73(75-71)59-35-19-34-58(37-59)70-47-57-30-16-17-31-60(57)49-74-70)69-44-64(54-28-14-5-15-29-54)42-67(46-69)66-40-61(51-22-8-2-9-23-51)38-62(41-66)52-24-10-3-11-25-52;/h1-33,35-49H;/q-1;. The van der Waals surface area contributed by atoms with Crippen LogP contribution in [0.2, 0.25) is 0 Å². The van der Waals surface area contributed by atoms with E-state index in [1.54, 1.807) is 0 Å². The molecule has 365 valence electrons. The summed E-state index contributed by atoms with van der Waals surface area (Å²) in [5.74, 6) is 0.602. The summed E-state index contributed by atoms with van der Waals surface area (Å²) in [6.07, 6.45) is 1.93. The van der Waals surface area contributed by atoms with E-state index in [0.717, 1.165) is 122 Å². The number of rotatable bonds is 11. The number of hydrogen-bond donors (Lipinski definition) is 0. The Hall–Kier alpha value is -9.44. The van der Waals surface area contributed by atoms with Crippen LogP contribution in [0, 0.1) is 6.07 Å². The molecule has 0 saturated heterocycles. The molecule has 4 heteroatoms. The van der Waals surface area contributed by atoms with Gasteiger partial charge in [-0.1, -0.05) is 206 Å². The minimum absolute atomic E-state index is 0. The Morgan fingerprint density at radius 3 is 1.03 bits per heavy atom. The Kier molecular flexibility index (Phi) is 13.7. The Labute approximate surface area is 463 Å². The molecule has 0 unspecified atom stereocenters. The summed E-state index contributed by atoms with van der Waals surface area (Å²) < 4.78 is 0. The van der Waals surface area contributed by atoms with Gasteiger partial charge in [-0.05, 0) is 161 Å². The first-order valence-corrected chi connectivity index (χ1v) is 25.7. The molecule has 0 fully saturated rings. The molecule has 0 saturated carbocycles. The molecule has 0 spiro atoms. The van der Waals surface area contributed by atoms with Crippen molar-refractivity contribution >= 4 is 10.8 Å². The molecule has 0 atom stereocenters. The maximum absolute atomic E-state index is 5.54. The minimum Gasteiger partial charge on any atom is -0.304 e. The predicted octanol–water partition coefficient (Wildman–Crippen LogP) is 19.2. The van der Waals surface area contributed by atoms with E-state index in [1.165, 1.54) is 5.56 Å². The largest absolute Gasteiger partial charge is 0.304 e. The van der Waals surface area contributed by atoms with Gasteiger partial charge < -0.3 is 4.98 Å². The molecule has 1 radical (unpaired) electrons. The molecule has 0 aliphatic carbocycles. The quantitative estimate of drug-likeness (QED) is 0.121. The third-order valence-corrected chi connectivity index (χ3v) is 14.1. The summed E-state index contributed by atoms with van der Waals surface area (Å²) in [6, 6.07) is 105. The van der Waals surface area contributed by atoms with Gasteiger partial charge in [-0.2, -0.15) is 0 Å². The van der Waals surface area contributed by atoms with Gasteiger partial charge in [0.05, 0.1) is 11.4 Å². The van der Waals surface area contributed by atoms with Crippen LogP contribution in [0.1, 0.15) is 0 Å². The van der Waals surface area contributed by atoms with Crippen LogP contribution in [-0.4, -0.2) is 15.0 Å². The summed E-state index contributed by atoms with van der Waals surface area (Å²) in [4.78, 5) is 16.0. The molecule has 0 aliphatic rings. The molecular formula is C73H48IrN3-. The molecule has 0 N–H and O–H groups in total. The van der Waals surface area contributed by atoms with Gasteiger partial charge in [0.2, 0.25) is 0 Å². The van der Waals surface area contributed by atoms with Crippen LogP contribution in [0.3, 0.4) is 0 Å². The summed E-state index contributed by atoms with van der Waals surface area (Å²) in [5.41, 5.74) is 21.9. The van der Waals surface area contributed by atoms with E-state index >= 15 is 0 Å². The van der Waals surface area contributed by atoms with Crippen molar-refractivity contribution in [1.82, 2.24) is 15.0 Å². The SMILES string of the molecule is [Ir].[c-]1ccc(-c2nc(-c3cc(-c4ccccc4)cc(-c4cccc(-c5ccccc5)c4)c3)cc(-c3cc(-c4ccccc4)cc(-c4cc(-c5ccccc5)cc(-c5ccccc5)c4)c3)n2)cc1-c1cc2ccccc2cn1. The second-order valence-corrected chi connectivity index (χ2v) is 19.2. The zero-order valence-electron chi connectivity index (χ0n) is 41.9. The summed E-state index contributed by atoms with van der Waals surface area (Å²) in [6.45, 7) is 0. The van der Waals surface area contributed by atoms with Crippen LogP contribution in [-0.2, 0) is 20.1 Å². The number of aromatic nitrogens is 3. The van der Waals surface area contributed by atoms with Gasteiger partial charge >= 0.3 is 0 Å². The van der Waals surface area contributed by atoms with Gasteiger partial charge in [0.15, 0.2) is 0 Å². The van der Waals surface area contributed by atoms with Crippen molar-refractivity contribution in [3.05, 3.63) is 297 Å². The molecule has 3 nitrogen and oxygen atoms in total. The monoisotopic (exact) mass is 1160 g/mol. The van der Waals surface area contributed by atoms with E-state index in [9.17, 15) is 0 Å². The molecule has 13 aromatic rings. The fourth-order valence-corrected chi connectivity index (χ4v) is 10.2. The Morgan fingerprint density at radius 2 is 0.571 bits per heavy atom. The van der Waals surface area contributed by atoms with E-state index < -0.39 is 0 Å². The minimum atomic E-state index is 0. The van der Waals surface area contributed by atoms with Crippen LogP contribution in [0.5, 0.6) is 0 Å². The van der Waals surface area contributed by atoms with Gasteiger partial charge in [-0.3, -0.25) is 0 Å². The molecule has 2 aromatic heterocycles. The van der Waals surface area contributed by atoms with Crippen molar-refractivity contribution < 1.29 is 20.1 Å². The van der Waals surface area contributed by atoms with Crippen molar-refractivity contribution in [2.24, 2.45) is 0 Å². The summed E-state index contributed by atoms with van der Waals surface area (Å²) in [5, 5.41) is 2.21. The average molecular weight is 1160 g/mol. The van der Waals surface area contributed by atoms with Crippen LogP contribution in [0.15, 0.2) is 291 Å². The fourth-order valence-electron chi connectivity index (χ4n) is 10.2. The number of nitrogens with zero attached hydrogens (tertiary/aromatic N) is 3. The zero-order chi connectivity index (χ0) is 50.6. The Morgan fingerprint density at radius 1 is 0.234 bits per heavy atom. The molecule has 2 heterocycles. The van der Waals surface area contributed by atoms with E-state index in [0.29, 0.717) is 5.82 Å². The van der Waals surface area contributed by atoms with Gasteiger partial charge in [-0.15, -0.1) is 29.8 Å². The van der Waals surface area contributed by atoms with Crippen molar-refractivity contribution in [3.8, 4) is 123 Å². The number of fused-ring (bicyclic) bond motifs is 1. The molecule has 11 aromatic carbocycles. The Bertz CT molecular complexity index is 4140. The maximum atomic E-state index is 5.54. The predicted molar refractivity (Wildman–Crippen MR) is 316 cm³/mol. The first-order valence-electron chi connectivity index (χ1n) is 25.7. The van der Waals surface area contributed by atoms with E-state index in [1.807, 2.05) is 18.3 Å². The molecule has 13 rings (SSSR count). The second kappa shape index (κ2) is 21.8. The van der Waals surface area contributed by atoms with Crippen molar-refractivity contribution in [3.63, 3.8) is 0 Å². The molecule has 0 amide bonds. The van der Waals surface area contributed by atoms with Gasteiger partial charge in [0.25, 0.3) is 0 Å². The summed E-state index contributed by atoms with van der Waals surface area (Å²) in [7, 11) is 0. The van der Waals surface area contributed by atoms with E-state index in [-0.39, 0.29) is 20.1 Å². The van der Waals surface area contributed by atoms with E-state index in [4.69, 9.17) is 15.0 Å². The van der Waals surface area contributed by atoms with Crippen LogP contribution in [0.25, 0.3) is 134 Å². The first-order chi connectivity index (χ1) is 37.6. The second-order valence-electron chi connectivity index (χ2n) is 19.2. The van der Waals surface area contributed by atoms with Gasteiger partial charge in [0.1, 0.15) is 5.82 Å². The zero-order valence-corrected chi connectivity index (χ0v) is 44.3. The summed E-state index contributed by atoms with van der Waals surface area (Å²) >= 11 is 0. The third kappa shape index (κ3) is 10.5. The van der Waals surface area contributed by atoms with Crippen molar-refractivity contribution in [2.75, 3.05) is 0 Å². The average Bonchev–Trinajstić information content (AvgIpc) is 3.52. The van der Waals surface area contributed by atoms with Crippen molar-refractivity contribution in [1.29, 1.82) is 0 Å². The fraction of sp³-hybridized carbons (Fsp3) is 0. The normalized spacial score (nSPS) is 11.0. The van der Waals surface area contributed by atoms with E-state index in [2.05, 4.69) is 279 Å². The van der Waals surface area contributed by atoms with Gasteiger partial charge in [0, 0.05) is 37.4 Å². The van der Waals surface area contributed by atoms with Crippen LogP contribution >= 0.6 is 0 Å². The molecule has 77 heavy (non-hydrogen) atoms. The number of hydrogen-bond acceptors (Lipinski definition) is 3. The topological polar surface area (TPSA) is 38.7 Å². The Balaban J connectivity index is 0.00000596. The number of benzene rings is 11. The first kappa shape index (κ1) is 48.5. The van der Waals surface area contributed by atoms with Crippen molar-refractivity contribution in [2.45, 2.75) is 0 Å². The smallest absolute Gasteiger partial charge is 0.142 e. The maximum Gasteiger partial charge on any atom is 0.142 e. The molecule has 0 bridgehead atoms.